The highest BCUT2D eigenvalue weighted by molar-refractivity contribution is 6.31. The van der Waals surface area contributed by atoms with Gasteiger partial charge in [0.15, 0.2) is 0 Å². The molecule has 4 aromatic rings. The van der Waals surface area contributed by atoms with Gasteiger partial charge in [-0.15, -0.1) is 0 Å². The second-order valence-electron chi connectivity index (χ2n) is 17.5. The van der Waals surface area contributed by atoms with E-state index >= 15 is 0 Å². The quantitative estimate of drug-likeness (QED) is 0.105. The second kappa shape index (κ2) is 17.1. The zero-order valence-electron chi connectivity index (χ0n) is 34.8. The van der Waals surface area contributed by atoms with Gasteiger partial charge in [0.25, 0.3) is 17.4 Å². The van der Waals surface area contributed by atoms with Gasteiger partial charge in [-0.2, -0.15) is 10.4 Å². The molecule has 1 aromatic heterocycles. The number of nitriles is 1. The molecule has 3 heterocycles. The van der Waals surface area contributed by atoms with Crippen molar-refractivity contribution in [3.63, 3.8) is 0 Å². The Kier molecular flexibility index (Phi) is 12.1. The molecule has 13 nitrogen and oxygen atoms in total. The fourth-order valence-electron chi connectivity index (χ4n) is 9.60. The van der Waals surface area contributed by atoms with Gasteiger partial charge in [0.1, 0.15) is 24.0 Å². The predicted molar refractivity (Wildman–Crippen MR) is 233 cm³/mol. The van der Waals surface area contributed by atoms with E-state index in [-0.39, 0.29) is 53.2 Å². The van der Waals surface area contributed by atoms with E-state index in [0.717, 1.165) is 43.9 Å². The van der Waals surface area contributed by atoms with Gasteiger partial charge in [-0.1, -0.05) is 50.9 Å². The number of hydrogen-bond acceptors (Lipinski definition) is 10. The number of halogens is 1. The summed E-state index contributed by atoms with van der Waals surface area (Å²) in [6.45, 7) is 14.2. The highest BCUT2D eigenvalue weighted by Crippen LogP contribution is 2.55. The smallest absolute Gasteiger partial charge is 0.275 e. The summed E-state index contributed by atoms with van der Waals surface area (Å²) >= 11 is 6.26. The highest BCUT2D eigenvalue weighted by Gasteiger charge is 2.64. The topological polar surface area (TPSA) is 176 Å². The number of nitrogens with two attached hydrogens (primary N) is 1. The van der Waals surface area contributed by atoms with Crippen molar-refractivity contribution in [1.82, 2.24) is 20.4 Å². The van der Waals surface area contributed by atoms with E-state index in [9.17, 15) is 24.4 Å². The van der Waals surface area contributed by atoms with Crippen molar-refractivity contribution in [3.8, 4) is 11.8 Å². The van der Waals surface area contributed by atoms with Crippen LogP contribution in [0.25, 0.3) is 10.8 Å². The highest BCUT2D eigenvalue weighted by atomic mass is 35.5. The number of rotatable bonds is 13. The number of imide groups is 1. The maximum absolute atomic E-state index is 13.5. The number of carbonyl (C=O) groups excluding carboxylic acids is 3. The molecule has 60 heavy (non-hydrogen) atoms. The second-order valence-corrected chi connectivity index (χ2v) is 17.9. The standard InChI is InChI=1S/C46H53ClN8O5/c1-28(16-19-53(21-18-48)34-11-13-36-32(23-34)26-50-55(42(36)59)38-14-15-39(56)51-41(38)58)22-29-17-20-54(27-29)33-9-6-30(7-10-33)40(57)52-43-45(2,3)44(46(43,4)5)60-35-12-8-31(25-49)37(47)24-35/h6-13,22-24,26,29,38,43-44H,14-21,27,48H2,1-5H3,(H,52,57)(H,51,56,58)/b28-22+. The minimum atomic E-state index is -0.812. The number of piperidine rings is 1. The molecule has 0 bridgehead atoms. The normalized spacial score (nSPS) is 22.2. The third-order valence-corrected chi connectivity index (χ3v) is 12.8. The van der Waals surface area contributed by atoms with Crippen molar-refractivity contribution in [2.45, 2.75) is 78.5 Å². The number of benzene rings is 3. The molecule has 2 atom stereocenters. The van der Waals surface area contributed by atoms with E-state index in [4.69, 9.17) is 22.1 Å². The summed E-state index contributed by atoms with van der Waals surface area (Å²) in [6, 6.07) is 19.7. The molecule has 14 heteroatoms. The molecule has 2 saturated heterocycles. The average molecular weight is 833 g/mol. The van der Waals surface area contributed by atoms with Crippen LogP contribution in [-0.4, -0.2) is 72.4 Å². The average Bonchev–Trinajstić information content (AvgIpc) is 3.69. The minimum absolute atomic E-state index is 0.123. The number of aromatic nitrogens is 2. The van der Waals surface area contributed by atoms with Crippen LogP contribution in [0.2, 0.25) is 5.02 Å². The van der Waals surface area contributed by atoms with E-state index in [1.807, 2.05) is 36.4 Å². The summed E-state index contributed by atoms with van der Waals surface area (Å²) in [5.41, 5.74) is 9.26. The first-order chi connectivity index (χ1) is 28.6. The van der Waals surface area contributed by atoms with Crippen molar-refractivity contribution < 1.29 is 19.1 Å². The number of nitrogens with one attached hydrogen (secondary N) is 2. The maximum atomic E-state index is 13.5. The number of nitrogens with zero attached hydrogens (tertiary/aromatic N) is 5. The lowest BCUT2D eigenvalue weighted by molar-refractivity contribution is -0.164. The van der Waals surface area contributed by atoms with E-state index in [0.29, 0.717) is 51.7 Å². The molecule has 1 aliphatic carbocycles. The Hall–Kier alpha value is -5.71. The Bertz CT molecular complexity index is 2420. The molecule has 1 saturated carbocycles. The fourth-order valence-corrected chi connectivity index (χ4v) is 9.81. The minimum Gasteiger partial charge on any atom is -0.489 e. The predicted octanol–water partition coefficient (Wildman–Crippen LogP) is 6.14. The third kappa shape index (κ3) is 8.49. The van der Waals surface area contributed by atoms with Gasteiger partial charge in [-0.3, -0.25) is 24.5 Å². The molecule has 4 N–H and O–H groups in total. The number of hydrogen-bond donors (Lipinski definition) is 3. The lowest BCUT2D eigenvalue weighted by Gasteiger charge is -2.63. The summed E-state index contributed by atoms with van der Waals surface area (Å²) in [6.07, 6.45) is 6.07. The monoisotopic (exact) mass is 832 g/mol. The molecule has 3 fully saturated rings. The number of fused-ring (bicyclic) bond motifs is 1. The Labute approximate surface area is 355 Å². The van der Waals surface area contributed by atoms with Crippen LogP contribution in [0, 0.1) is 28.1 Å². The lowest BCUT2D eigenvalue weighted by Crippen LogP contribution is -2.74. The van der Waals surface area contributed by atoms with Crippen LogP contribution in [0.1, 0.15) is 82.3 Å². The van der Waals surface area contributed by atoms with Crippen LogP contribution < -0.4 is 36.5 Å². The maximum Gasteiger partial charge on any atom is 0.275 e. The van der Waals surface area contributed by atoms with Crippen molar-refractivity contribution in [2.24, 2.45) is 22.5 Å². The number of amides is 3. The molecular formula is C46H53ClN8O5. The number of carbonyl (C=O) groups is 3. The Morgan fingerprint density at radius 3 is 2.50 bits per heavy atom. The molecule has 3 amide bonds. The molecule has 0 spiro atoms. The number of ether oxygens (including phenoxy) is 1. The first-order valence-corrected chi connectivity index (χ1v) is 21.0. The summed E-state index contributed by atoms with van der Waals surface area (Å²) < 4.78 is 7.56. The van der Waals surface area contributed by atoms with Crippen LogP contribution >= 0.6 is 11.6 Å². The molecule has 314 valence electrons. The van der Waals surface area contributed by atoms with Crippen LogP contribution in [0.4, 0.5) is 11.4 Å². The molecule has 3 aliphatic rings. The Morgan fingerprint density at radius 2 is 1.82 bits per heavy atom. The van der Waals surface area contributed by atoms with Gasteiger partial charge < -0.3 is 25.6 Å². The SMILES string of the molecule is C/C(=C\C1CCN(c2ccc(C(=O)NC3C(C)(C)C(Oc4ccc(C#N)c(Cl)c4)C3(C)C)cc2)C1)CCN(CCN)c1ccc2c(=O)n(C3CCC(=O)NC3=O)ncc2c1. The van der Waals surface area contributed by atoms with Crippen LogP contribution in [0.5, 0.6) is 5.75 Å². The summed E-state index contributed by atoms with van der Waals surface area (Å²) in [5.74, 6) is 0.0164. The van der Waals surface area contributed by atoms with E-state index in [2.05, 4.69) is 72.3 Å². The van der Waals surface area contributed by atoms with Gasteiger partial charge in [0, 0.05) is 84.4 Å². The van der Waals surface area contributed by atoms with Crippen molar-refractivity contribution >= 4 is 51.5 Å². The van der Waals surface area contributed by atoms with Gasteiger partial charge in [0.2, 0.25) is 5.91 Å². The zero-order valence-corrected chi connectivity index (χ0v) is 35.6. The van der Waals surface area contributed by atoms with E-state index in [1.54, 1.807) is 30.5 Å². The molecular weight excluding hydrogens is 780 g/mol. The fraction of sp³-hybridized carbons (Fsp3) is 0.435. The third-order valence-electron chi connectivity index (χ3n) is 12.5. The Balaban J connectivity index is 0.923. The van der Waals surface area contributed by atoms with Crippen LogP contribution in [0.3, 0.4) is 0 Å². The number of anilines is 2. The first kappa shape index (κ1) is 42.4. The summed E-state index contributed by atoms with van der Waals surface area (Å²) in [7, 11) is 0. The largest absolute Gasteiger partial charge is 0.489 e. The van der Waals surface area contributed by atoms with Gasteiger partial charge >= 0.3 is 0 Å². The molecule has 2 unspecified atom stereocenters. The van der Waals surface area contributed by atoms with Gasteiger partial charge in [-0.25, -0.2) is 4.68 Å². The van der Waals surface area contributed by atoms with Crippen LogP contribution in [0.15, 0.2) is 83.3 Å². The van der Waals surface area contributed by atoms with Crippen molar-refractivity contribution in [1.29, 1.82) is 5.26 Å². The first-order valence-electron chi connectivity index (χ1n) is 20.6. The van der Waals surface area contributed by atoms with Gasteiger partial charge in [-0.05, 0) is 86.7 Å². The summed E-state index contributed by atoms with van der Waals surface area (Å²) in [4.78, 5) is 55.5. The molecule has 2 aliphatic heterocycles. The molecule has 0 radical (unpaired) electrons. The zero-order chi connectivity index (χ0) is 42.9. The molecule has 7 rings (SSSR count). The van der Waals surface area contributed by atoms with E-state index < -0.39 is 11.9 Å². The van der Waals surface area contributed by atoms with Crippen LogP contribution in [-0.2, 0) is 9.59 Å². The van der Waals surface area contributed by atoms with Crippen molar-refractivity contribution in [2.75, 3.05) is 42.5 Å². The molecule has 3 aromatic carbocycles. The summed E-state index contributed by atoms with van der Waals surface area (Å²) in [5, 5.41) is 20.6. The van der Waals surface area contributed by atoms with Gasteiger partial charge in [0.05, 0.1) is 22.2 Å². The van der Waals surface area contributed by atoms with E-state index in [1.165, 1.54) is 10.3 Å². The Morgan fingerprint density at radius 1 is 1.07 bits per heavy atom. The van der Waals surface area contributed by atoms with Crippen molar-refractivity contribution in [3.05, 3.63) is 105 Å². The lowest BCUT2D eigenvalue weighted by atomic mass is 9.49.